The highest BCUT2D eigenvalue weighted by molar-refractivity contribution is 5.97. The van der Waals surface area contributed by atoms with Crippen LogP contribution in [-0.2, 0) is 20.9 Å². The molecule has 1 aromatic heterocycles. The fourth-order valence-corrected chi connectivity index (χ4v) is 4.60. The summed E-state index contributed by atoms with van der Waals surface area (Å²) in [5.41, 5.74) is 3.81. The maximum Gasteiger partial charge on any atom is 0.242 e. The first-order valence-electron chi connectivity index (χ1n) is 10.8. The first kappa shape index (κ1) is 19.8. The van der Waals surface area contributed by atoms with Crippen molar-refractivity contribution in [3.8, 4) is 0 Å². The van der Waals surface area contributed by atoms with Crippen LogP contribution in [0.25, 0.3) is 11.0 Å². The van der Waals surface area contributed by atoms with E-state index in [9.17, 15) is 9.59 Å². The number of para-hydroxylation sites is 3. The summed E-state index contributed by atoms with van der Waals surface area (Å²) in [5, 5.41) is 0. The van der Waals surface area contributed by atoms with Gasteiger partial charge in [-0.15, -0.1) is 0 Å². The van der Waals surface area contributed by atoms with E-state index in [2.05, 4.69) is 0 Å². The Labute approximate surface area is 181 Å². The molecular formula is C24H26N4O3. The molecule has 3 aromatic rings. The Morgan fingerprint density at radius 2 is 1.84 bits per heavy atom. The van der Waals surface area contributed by atoms with Gasteiger partial charge in [0.25, 0.3) is 0 Å². The fraction of sp³-hybridized carbons (Fsp3) is 0.375. The maximum atomic E-state index is 13.0. The molecule has 0 aliphatic carbocycles. The van der Waals surface area contributed by atoms with Gasteiger partial charge in [-0.25, -0.2) is 4.98 Å². The van der Waals surface area contributed by atoms with E-state index in [0.717, 1.165) is 28.1 Å². The van der Waals surface area contributed by atoms with E-state index in [-0.39, 0.29) is 24.3 Å². The third-order valence-corrected chi connectivity index (χ3v) is 6.24. The Kier molecular flexibility index (Phi) is 5.19. The number of anilines is 1. The van der Waals surface area contributed by atoms with Gasteiger partial charge in [0.2, 0.25) is 11.8 Å². The Morgan fingerprint density at radius 3 is 2.65 bits per heavy atom. The number of ether oxygens (including phenoxy) is 1. The second-order valence-corrected chi connectivity index (χ2v) is 8.23. The standard InChI is InChI=1S/C24H26N4O3/c1-17-6-2-4-8-20(17)27-15-18(14-22(27)29)24-25-19-7-3-5-9-21(19)28(24)16-23(30)26-10-12-31-13-11-26/h2-9,18H,10-16H2,1H3. The molecule has 2 aliphatic heterocycles. The SMILES string of the molecule is Cc1ccccc1N1CC(c2nc3ccccc3n2CC(=O)N2CCOCC2)CC1=O. The van der Waals surface area contributed by atoms with E-state index in [0.29, 0.717) is 39.3 Å². The smallest absolute Gasteiger partial charge is 0.242 e. The number of fused-ring (bicyclic) bond motifs is 1. The summed E-state index contributed by atoms with van der Waals surface area (Å²) in [6.07, 6.45) is 0.392. The zero-order valence-corrected chi connectivity index (χ0v) is 17.7. The maximum absolute atomic E-state index is 13.0. The lowest BCUT2D eigenvalue weighted by Crippen LogP contribution is -2.42. The number of benzene rings is 2. The Bertz CT molecular complexity index is 1130. The number of aryl methyl sites for hydroxylation is 1. The van der Waals surface area contributed by atoms with Crippen molar-refractivity contribution in [2.24, 2.45) is 0 Å². The lowest BCUT2D eigenvalue weighted by Gasteiger charge is -2.27. The average Bonchev–Trinajstić information content (AvgIpc) is 3.35. The summed E-state index contributed by atoms with van der Waals surface area (Å²) in [4.78, 5) is 34.5. The second kappa shape index (κ2) is 8.15. The molecule has 0 radical (unpaired) electrons. The molecule has 0 bridgehead atoms. The predicted octanol–water partition coefficient (Wildman–Crippen LogP) is 2.72. The van der Waals surface area contributed by atoms with Crippen molar-refractivity contribution in [3.05, 3.63) is 59.9 Å². The van der Waals surface area contributed by atoms with E-state index >= 15 is 0 Å². The van der Waals surface area contributed by atoms with Crippen LogP contribution in [0.4, 0.5) is 5.69 Å². The number of amides is 2. The van der Waals surface area contributed by atoms with Crippen LogP contribution in [0.3, 0.4) is 0 Å². The van der Waals surface area contributed by atoms with Gasteiger partial charge in [-0.05, 0) is 30.7 Å². The third kappa shape index (κ3) is 3.70. The molecule has 160 valence electrons. The summed E-state index contributed by atoms with van der Waals surface area (Å²) in [6, 6.07) is 15.8. The van der Waals surface area contributed by atoms with Crippen LogP contribution in [0, 0.1) is 6.92 Å². The van der Waals surface area contributed by atoms with Gasteiger partial charge >= 0.3 is 0 Å². The number of hydrogen-bond donors (Lipinski definition) is 0. The molecule has 7 nitrogen and oxygen atoms in total. The minimum absolute atomic E-state index is 0.0583. The minimum atomic E-state index is -0.0583. The van der Waals surface area contributed by atoms with Gasteiger partial charge in [-0.2, -0.15) is 0 Å². The lowest BCUT2D eigenvalue weighted by atomic mass is 10.1. The summed E-state index contributed by atoms with van der Waals surface area (Å²) in [5.74, 6) is 0.912. The van der Waals surface area contributed by atoms with Crippen LogP contribution in [0.1, 0.15) is 23.7 Å². The van der Waals surface area contributed by atoms with Crippen LogP contribution >= 0.6 is 0 Å². The molecule has 5 rings (SSSR count). The van der Waals surface area contributed by atoms with Gasteiger partial charge in [0.15, 0.2) is 0 Å². The summed E-state index contributed by atoms with van der Waals surface area (Å²) in [6.45, 7) is 5.20. The van der Waals surface area contributed by atoms with Crippen molar-refractivity contribution in [1.82, 2.24) is 14.5 Å². The van der Waals surface area contributed by atoms with Gasteiger partial charge < -0.3 is 19.1 Å². The van der Waals surface area contributed by atoms with Crippen molar-refractivity contribution in [2.45, 2.75) is 25.8 Å². The van der Waals surface area contributed by atoms with Crippen molar-refractivity contribution in [3.63, 3.8) is 0 Å². The summed E-state index contributed by atoms with van der Waals surface area (Å²) in [7, 11) is 0. The predicted molar refractivity (Wildman–Crippen MR) is 118 cm³/mol. The number of aromatic nitrogens is 2. The highest BCUT2D eigenvalue weighted by Crippen LogP contribution is 2.34. The molecule has 3 heterocycles. The van der Waals surface area contributed by atoms with Crippen LogP contribution in [0.15, 0.2) is 48.5 Å². The van der Waals surface area contributed by atoms with Gasteiger partial charge in [0, 0.05) is 37.7 Å². The quantitative estimate of drug-likeness (QED) is 0.653. The molecule has 0 saturated carbocycles. The summed E-state index contributed by atoms with van der Waals surface area (Å²) < 4.78 is 7.39. The fourth-order valence-electron chi connectivity index (χ4n) is 4.60. The molecule has 1 unspecified atom stereocenters. The average molecular weight is 418 g/mol. The van der Waals surface area contributed by atoms with Crippen molar-refractivity contribution in [2.75, 3.05) is 37.7 Å². The zero-order valence-electron chi connectivity index (χ0n) is 17.7. The third-order valence-electron chi connectivity index (χ3n) is 6.24. The van der Waals surface area contributed by atoms with Crippen molar-refractivity contribution in [1.29, 1.82) is 0 Å². The molecule has 1 atom stereocenters. The molecule has 7 heteroatoms. The molecule has 2 fully saturated rings. The lowest BCUT2D eigenvalue weighted by molar-refractivity contribution is -0.135. The Balaban J connectivity index is 1.47. The van der Waals surface area contributed by atoms with Crippen molar-refractivity contribution >= 4 is 28.5 Å². The van der Waals surface area contributed by atoms with E-state index in [1.165, 1.54) is 0 Å². The number of imidazole rings is 1. The molecule has 2 amide bonds. The Hall–Kier alpha value is -3.19. The molecular weight excluding hydrogens is 392 g/mol. The zero-order chi connectivity index (χ0) is 21.4. The number of hydrogen-bond acceptors (Lipinski definition) is 4. The molecule has 2 aromatic carbocycles. The molecule has 2 aliphatic rings. The van der Waals surface area contributed by atoms with E-state index in [4.69, 9.17) is 9.72 Å². The van der Waals surface area contributed by atoms with Gasteiger partial charge in [0.1, 0.15) is 12.4 Å². The number of rotatable bonds is 4. The number of carbonyl (C=O) groups is 2. The van der Waals surface area contributed by atoms with Crippen molar-refractivity contribution < 1.29 is 14.3 Å². The van der Waals surface area contributed by atoms with Crippen LogP contribution in [0.2, 0.25) is 0 Å². The first-order chi connectivity index (χ1) is 15.1. The van der Waals surface area contributed by atoms with Crippen LogP contribution < -0.4 is 4.90 Å². The largest absolute Gasteiger partial charge is 0.378 e. The van der Waals surface area contributed by atoms with Crippen LogP contribution in [0.5, 0.6) is 0 Å². The van der Waals surface area contributed by atoms with E-state index in [1.807, 2.05) is 69.8 Å². The van der Waals surface area contributed by atoms with Gasteiger partial charge in [-0.1, -0.05) is 30.3 Å². The Morgan fingerprint density at radius 1 is 1.10 bits per heavy atom. The van der Waals surface area contributed by atoms with Gasteiger partial charge in [-0.3, -0.25) is 9.59 Å². The molecule has 31 heavy (non-hydrogen) atoms. The molecule has 2 saturated heterocycles. The van der Waals surface area contributed by atoms with Gasteiger partial charge in [0.05, 0.1) is 24.2 Å². The topological polar surface area (TPSA) is 67.7 Å². The highest BCUT2D eigenvalue weighted by Gasteiger charge is 2.35. The highest BCUT2D eigenvalue weighted by atomic mass is 16.5. The number of morpholine rings is 1. The van der Waals surface area contributed by atoms with E-state index in [1.54, 1.807) is 0 Å². The second-order valence-electron chi connectivity index (χ2n) is 8.23. The monoisotopic (exact) mass is 418 g/mol. The number of nitrogens with zero attached hydrogens (tertiary/aromatic N) is 4. The van der Waals surface area contributed by atoms with Crippen LogP contribution in [-0.4, -0.2) is 59.1 Å². The molecule has 0 spiro atoms. The molecule has 0 N–H and O–H groups in total. The normalized spacial score (nSPS) is 19.4. The summed E-state index contributed by atoms with van der Waals surface area (Å²) >= 11 is 0. The minimum Gasteiger partial charge on any atom is -0.378 e. The van der Waals surface area contributed by atoms with E-state index < -0.39 is 0 Å². The first-order valence-corrected chi connectivity index (χ1v) is 10.8. The number of carbonyl (C=O) groups excluding carboxylic acids is 2.